The van der Waals surface area contributed by atoms with Gasteiger partial charge >= 0.3 is 12.1 Å². The van der Waals surface area contributed by atoms with E-state index in [9.17, 15) is 22.4 Å². The van der Waals surface area contributed by atoms with Gasteiger partial charge in [0.1, 0.15) is 5.82 Å². The second-order valence-electron chi connectivity index (χ2n) is 4.07. The number of aromatic carboxylic acids is 1. The zero-order chi connectivity index (χ0) is 15.1. The Morgan fingerprint density at radius 3 is 2.50 bits per heavy atom. The van der Waals surface area contributed by atoms with Crippen LogP contribution in [-0.4, -0.2) is 20.9 Å². The highest BCUT2D eigenvalue weighted by atomic mass is 19.4. The fourth-order valence-corrected chi connectivity index (χ4v) is 1.68. The maximum atomic E-state index is 13.2. The Labute approximate surface area is 110 Å². The first kappa shape index (κ1) is 14.0. The van der Waals surface area contributed by atoms with Gasteiger partial charge < -0.3 is 5.11 Å². The molecule has 0 spiro atoms. The van der Waals surface area contributed by atoms with Crippen LogP contribution in [0, 0.1) is 12.7 Å². The molecule has 8 heteroatoms. The lowest BCUT2D eigenvalue weighted by molar-refractivity contribution is -0.140. The maximum Gasteiger partial charge on any atom is 0.419 e. The number of alkyl halides is 3. The number of aromatic nitrogens is 2. The summed E-state index contributed by atoms with van der Waals surface area (Å²) in [6.07, 6.45) is -3.57. The molecule has 0 amide bonds. The lowest BCUT2D eigenvalue weighted by atomic mass is 10.2. The molecular weight excluding hydrogens is 280 g/mol. The van der Waals surface area contributed by atoms with E-state index in [4.69, 9.17) is 5.11 Å². The van der Waals surface area contributed by atoms with Crippen molar-refractivity contribution in [3.8, 4) is 5.69 Å². The molecule has 0 aliphatic heterocycles. The third-order valence-electron chi connectivity index (χ3n) is 2.62. The van der Waals surface area contributed by atoms with Crippen LogP contribution in [-0.2, 0) is 6.18 Å². The highest BCUT2D eigenvalue weighted by Gasteiger charge is 2.34. The molecule has 0 radical (unpaired) electrons. The van der Waals surface area contributed by atoms with E-state index in [1.165, 1.54) is 13.1 Å². The normalized spacial score (nSPS) is 11.7. The Morgan fingerprint density at radius 2 is 2.00 bits per heavy atom. The summed E-state index contributed by atoms with van der Waals surface area (Å²) in [6, 6.07) is 2.33. The molecule has 1 heterocycles. The zero-order valence-electron chi connectivity index (χ0n) is 10.1. The molecule has 2 rings (SSSR count). The van der Waals surface area contributed by atoms with Gasteiger partial charge in [0, 0.05) is 11.8 Å². The van der Waals surface area contributed by atoms with Crippen LogP contribution in [0.1, 0.15) is 21.6 Å². The highest BCUT2D eigenvalue weighted by molar-refractivity contribution is 5.86. The number of carbonyl (C=O) groups is 1. The predicted octanol–water partition coefficient (Wildman–Crippen LogP) is 3.04. The average Bonchev–Trinajstić information content (AvgIpc) is 2.70. The maximum absolute atomic E-state index is 13.2. The number of carboxylic acids is 1. The van der Waals surface area contributed by atoms with E-state index >= 15 is 0 Å². The molecule has 0 fully saturated rings. The average molecular weight is 288 g/mol. The second kappa shape index (κ2) is 4.62. The molecule has 2 aromatic rings. The Hall–Kier alpha value is -2.38. The van der Waals surface area contributed by atoms with Gasteiger partial charge in [-0.3, -0.25) is 0 Å². The summed E-state index contributed by atoms with van der Waals surface area (Å²) in [5.41, 5.74) is -1.49. The molecule has 1 aromatic heterocycles. The summed E-state index contributed by atoms with van der Waals surface area (Å²) in [6.45, 7) is 1.46. The van der Waals surface area contributed by atoms with Gasteiger partial charge in [0.25, 0.3) is 0 Å². The third-order valence-corrected chi connectivity index (χ3v) is 2.62. The van der Waals surface area contributed by atoms with Crippen molar-refractivity contribution in [3.63, 3.8) is 0 Å². The van der Waals surface area contributed by atoms with Crippen LogP contribution in [0.5, 0.6) is 0 Å². The Kier molecular flexibility index (Phi) is 3.24. The molecule has 20 heavy (non-hydrogen) atoms. The van der Waals surface area contributed by atoms with Gasteiger partial charge in [0.15, 0.2) is 5.69 Å². The minimum atomic E-state index is -4.84. The zero-order valence-corrected chi connectivity index (χ0v) is 10.1. The van der Waals surface area contributed by atoms with Gasteiger partial charge in [-0.25, -0.2) is 13.9 Å². The number of halogens is 4. The molecular formula is C12H8F4N2O2. The summed E-state index contributed by atoms with van der Waals surface area (Å²) in [5, 5.41) is 12.5. The van der Waals surface area contributed by atoms with Crippen LogP contribution in [0.4, 0.5) is 17.6 Å². The van der Waals surface area contributed by atoms with E-state index in [1.54, 1.807) is 0 Å². The molecule has 0 aliphatic carbocycles. The molecule has 0 unspecified atom stereocenters. The molecule has 0 bridgehead atoms. The molecule has 0 saturated heterocycles. The first-order chi connectivity index (χ1) is 9.20. The summed E-state index contributed by atoms with van der Waals surface area (Å²) >= 11 is 0. The smallest absolute Gasteiger partial charge is 0.419 e. The van der Waals surface area contributed by atoms with Crippen molar-refractivity contribution in [1.82, 2.24) is 9.78 Å². The Bertz CT molecular complexity index is 677. The Balaban J connectivity index is 2.54. The van der Waals surface area contributed by atoms with Gasteiger partial charge in [-0.15, -0.1) is 0 Å². The first-order valence-electron chi connectivity index (χ1n) is 5.37. The van der Waals surface area contributed by atoms with Crippen molar-refractivity contribution in [3.05, 3.63) is 47.0 Å². The van der Waals surface area contributed by atoms with E-state index in [2.05, 4.69) is 5.10 Å². The fourth-order valence-electron chi connectivity index (χ4n) is 1.68. The van der Waals surface area contributed by atoms with Crippen molar-refractivity contribution in [2.24, 2.45) is 0 Å². The van der Waals surface area contributed by atoms with E-state index in [-0.39, 0.29) is 16.9 Å². The van der Waals surface area contributed by atoms with Crippen LogP contribution in [0.25, 0.3) is 5.69 Å². The summed E-state index contributed by atoms with van der Waals surface area (Å²) < 4.78 is 51.9. The molecule has 0 atom stereocenters. The fraction of sp³-hybridized carbons (Fsp3) is 0.167. The van der Waals surface area contributed by atoms with Crippen molar-refractivity contribution < 1.29 is 27.5 Å². The van der Waals surface area contributed by atoms with E-state index in [1.807, 2.05) is 0 Å². The summed E-state index contributed by atoms with van der Waals surface area (Å²) in [4.78, 5) is 10.8. The third kappa shape index (κ3) is 2.49. The predicted molar refractivity (Wildman–Crippen MR) is 60.2 cm³/mol. The molecule has 106 valence electrons. The summed E-state index contributed by atoms with van der Waals surface area (Å²) in [7, 11) is 0. The SMILES string of the molecule is Cc1cn(-c2ccc(F)c(C(F)(F)F)c2)nc1C(=O)O. The number of rotatable bonds is 2. The molecule has 4 nitrogen and oxygen atoms in total. The number of nitrogens with zero attached hydrogens (tertiary/aromatic N) is 2. The van der Waals surface area contributed by atoms with E-state index in [0.29, 0.717) is 12.1 Å². The quantitative estimate of drug-likeness (QED) is 0.864. The number of hydrogen-bond donors (Lipinski definition) is 1. The van der Waals surface area contributed by atoms with Gasteiger partial charge in [-0.2, -0.15) is 18.3 Å². The number of hydrogen-bond acceptors (Lipinski definition) is 2. The molecule has 0 aliphatic rings. The van der Waals surface area contributed by atoms with Gasteiger partial charge in [-0.05, 0) is 25.1 Å². The van der Waals surface area contributed by atoms with Crippen molar-refractivity contribution in [1.29, 1.82) is 0 Å². The van der Waals surface area contributed by atoms with Crippen LogP contribution < -0.4 is 0 Å². The van der Waals surface area contributed by atoms with Crippen LogP contribution in [0.3, 0.4) is 0 Å². The molecule has 1 aromatic carbocycles. The van der Waals surface area contributed by atoms with Gasteiger partial charge in [0.2, 0.25) is 0 Å². The summed E-state index contributed by atoms with van der Waals surface area (Å²) in [5.74, 6) is -2.69. The topological polar surface area (TPSA) is 55.1 Å². The largest absolute Gasteiger partial charge is 0.476 e. The first-order valence-corrected chi connectivity index (χ1v) is 5.37. The molecule has 0 saturated carbocycles. The van der Waals surface area contributed by atoms with Crippen molar-refractivity contribution in [2.75, 3.05) is 0 Å². The standard InChI is InChI=1S/C12H8F4N2O2/c1-6-5-18(17-10(6)11(19)20)7-2-3-9(13)8(4-7)12(14,15)16/h2-5H,1H3,(H,19,20). The second-order valence-corrected chi connectivity index (χ2v) is 4.07. The lowest BCUT2D eigenvalue weighted by Gasteiger charge is -2.10. The Morgan fingerprint density at radius 1 is 1.35 bits per heavy atom. The highest BCUT2D eigenvalue weighted by Crippen LogP contribution is 2.32. The minimum Gasteiger partial charge on any atom is -0.476 e. The number of aryl methyl sites for hydroxylation is 1. The van der Waals surface area contributed by atoms with E-state index < -0.39 is 23.5 Å². The van der Waals surface area contributed by atoms with Crippen molar-refractivity contribution in [2.45, 2.75) is 13.1 Å². The monoisotopic (exact) mass is 288 g/mol. The number of carboxylic acid groups (broad SMARTS) is 1. The molecule has 1 N–H and O–H groups in total. The van der Waals surface area contributed by atoms with E-state index in [0.717, 1.165) is 10.7 Å². The van der Waals surface area contributed by atoms with Crippen LogP contribution in [0.2, 0.25) is 0 Å². The van der Waals surface area contributed by atoms with Crippen LogP contribution >= 0.6 is 0 Å². The van der Waals surface area contributed by atoms with Crippen molar-refractivity contribution >= 4 is 5.97 Å². The minimum absolute atomic E-state index is 0.0747. The van der Waals surface area contributed by atoms with Gasteiger partial charge in [0.05, 0.1) is 11.3 Å². The van der Waals surface area contributed by atoms with Crippen LogP contribution in [0.15, 0.2) is 24.4 Å². The van der Waals surface area contributed by atoms with Gasteiger partial charge in [-0.1, -0.05) is 0 Å². The number of benzene rings is 1. The lowest BCUT2D eigenvalue weighted by Crippen LogP contribution is -2.10.